The molecule has 0 aromatic heterocycles. The van der Waals surface area contributed by atoms with E-state index in [1.165, 1.54) is 6.42 Å². The Balaban J connectivity index is 2.04. The number of nitrogens with one attached hydrogen (secondary N) is 1. The summed E-state index contributed by atoms with van der Waals surface area (Å²) in [5.41, 5.74) is 4.12. The topological polar surface area (TPSA) is 41.5 Å². The highest BCUT2D eigenvalue weighted by Crippen LogP contribution is 2.23. The zero-order chi connectivity index (χ0) is 13.8. The summed E-state index contributed by atoms with van der Waals surface area (Å²) in [6, 6.07) is 4.78. The lowest BCUT2D eigenvalue weighted by molar-refractivity contribution is 0.0954. The molecule has 0 aliphatic heterocycles. The number of amides is 1. The maximum Gasteiger partial charge on any atom is 0.271 e. The van der Waals surface area contributed by atoms with Crippen LogP contribution in [0.3, 0.4) is 0 Å². The van der Waals surface area contributed by atoms with Crippen LogP contribution in [0.15, 0.2) is 23.3 Å². The highest BCUT2D eigenvalue weighted by molar-refractivity contribution is 6.42. The fourth-order valence-corrected chi connectivity index (χ4v) is 2.46. The summed E-state index contributed by atoms with van der Waals surface area (Å²) in [7, 11) is 0. The predicted octanol–water partition coefficient (Wildman–Crippen LogP) is 4.29. The van der Waals surface area contributed by atoms with Crippen LogP contribution >= 0.6 is 23.2 Å². The van der Waals surface area contributed by atoms with Gasteiger partial charge in [-0.25, -0.2) is 5.43 Å². The second kappa shape index (κ2) is 6.40. The molecule has 0 saturated heterocycles. The molecule has 1 aliphatic carbocycles. The zero-order valence-electron chi connectivity index (χ0n) is 10.7. The van der Waals surface area contributed by atoms with Gasteiger partial charge in [-0.1, -0.05) is 36.5 Å². The summed E-state index contributed by atoms with van der Waals surface area (Å²) in [6.45, 7) is 2.14. The highest BCUT2D eigenvalue weighted by atomic mass is 35.5. The van der Waals surface area contributed by atoms with E-state index in [0.717, 1.165) is 25.0 Å². The molecule has 1 atom stereocenters. The van der Waals surface area contributed by atoms with Gasteiger partial charge in [0.25, 0.3) is 5.91 Å². The summed E-state index contributed by atoms with van der Waals surface area (Å²) in [4.78, 5) is 11.9. The summed E-state index contributed by atoms with van der Waals surface area (Å²) < 4.78 is 0. The quantitative estimate of drug-likeness (QED) is 0.813. The van der Waals surface area contributed by atoms with Gasteiger partial charge in [0.05, 0.1) is 10.0 Å². The minimum Gasteiger partial charge on any atom is -0.267 e. The van der Waals surface area contributed by atoms with Crippen LogP contribution in [0.1, 0.15) is 43.0 Å². The number of carbonyl (C=O) groups is 1. The van der Waals surface area contributed by atoms with Crippen molar-refractivity contribution in [2.75, 3.05) is 0 Å². The Kier molecular flexibility index (Phi) is 4.83. The summed E-state index contributed by atoms with van der Waals surface area (Å²) in [5, 5.41) is 5.04. The second-order valence-corrected chi connectivity index (χ2v) is 5.63. The predicted molar refractivity (Wildman–Crippen MR) is 79.0 cm³/mol. The van der Waals surface area contributed by atoms with Gasteiger partial charge in [-0.15, -0.1) is 0 Å². The van der Waals surface area contributed by atoms with Crippen molar-refractivity contribution in [3.8, 4) is 0 Å². The number of rotatable bonds is 2. The van der Waals surface area contributed by atoms with E-state index in [0.29, 0.717) is 21.5 Å². The molecule has 1 amide bonds. The molecule has 1 fully saturated rings. The third kappa shape index (κ3) is 3.71. The fourth-order valence-electron chi connectivity index (χ4n) is 2.16. The summed E-state index contributed by atoms with van der Waals surface area (Å²) in [6.07, 6.45) is 4.48. The largest absolute Gasteiger partial charge is 0.271 e. The smallest absolute Gasteiger partial charge is 0.267 e. The molecule has 0 spiro atoms. The molecule has 102 valence electrons. The molecule has 0 heterocycles. The van der Waals surface area contributed by atoms with E-state index >= 15 is 0 Å². The maximum absolute atomic E-state index is 11.9. The SMILES string of the molecule is CC1CCCCC1=NNC(=O)c1ccc(Cl)c(Cl)c1. The summed E-state index contributed by atoms with van der Waals surface area (Å²) >= 11 is 11.7. The standard InChI is InChI=1S/C14H16Cl2N2O/c1-9-4-2-3-5-13(9)17-18-14(19)10-6-7-11(15)12(16)8-10/h6-9H,2-5H2,1H3,(H,18,19). The molecule has 1 aliphatic rings. The van der Waals surface area contributed by atoms with Gasteiger partial charge in [0, 0.05) is 11.3 Å². The first-order valence-electron chi connectivity index (χ1n) is 6.40. The normalized spacial score (nSPS) is 21.4. The first kappa shape index (κ1) is 14.4. The van der Waals surface area contributed by atoms with Crippen LogP contribution in [-0.4, -0.2) is 11.6 Å². The molecule has 1 saturated carbocycles. The zero-order valence-corrected chi connectivity index (χ0v) is 12.3. The number of carbonyl (C=O) groups excluding carboxylic acids is 1. The third-order valence-electron chi connectivity index (χ3n) is 3.37. The van der Waals surface area contributed by atoms with Crippen molar-refractivity contribution in [3.05, 3.63) is 33.8 Å². The van der Waals surface area contributed by atoms with Crippen LogP contribution < -0.4 is 5.43 Å². The molecule has 0 radical (unpaired) electrons. The van der Waals surface area contributed by atoms with Crippen molar-refractivity contribution in [1.29, 1.82) is 0 Å². The van der Waals surface area contributed by atoms with Crippen molar-refractivity contribution < 1.29 is 4.79 Å². The highest BCUT2D eigenvalue weighted by Gasteiger charge is 2.16. The lowest BCUT2D eigenvalue weighted by atomic mass is 9.89. The number of hydrogen-bond donors (Lipinski definition) is 1. The molecule has 1 aromatic rings. The van der Waals surface area contributed by atoms with Crippen LogP contribution in [0.4, 0.5) is 0 Å². The first-order chi connectivity index (χ1) is 9.08. The lowest BCUT2D eigenvalue weighted by Gasteiger charge is -2.19. The molecule has 3 nitrogen and oxygen atoms in total. The van der Waals surface area contributed by atoms with Crippen LogP contribution in [-0.2, 0) is 0 Å². The second-order valence-electron chi connectivity index (χ2n) is 4.82. The molecule has 2 rings (SSSR count). The Bertz CT molecular complexity index is 514. The van der Waals surface area contributed by atoms with Crippen LogP contribution in [0.5, 0.6) is 0 Å². The Hall–Kier alpha value is -1.06. The van der Waals surface area contributed by atoms with E-state index in [1.807, 2.05) is 0 Å². The Labute approximate surface area is 123 Å². The van der Waals surface area contributed by atoms with Crippen molar-refractivity contribution in [1.82, 2.24) is 5.43 Å². The van der Waals surface area contributed by atoms with Gasteiger partial charge in [0.2, 0.25) is 0 Å². The fraction of sp³-hybridized carbons (Fsp3) is 0.429. The molecular weight excluding hydrogens is 283 g/mol. The number of benzene rings is 1. The molecule has 5 heteroatoms. The maximum atomic E-state index is 11.9. The van der Waals surface area contributed by atoms with Gasteiger partial charge in [0.15, 0.2) is 0 Å². The number of nitrogens with zero attached hydrogens (tertiary/aromatic N) is 1. The van der Waals surface area contributed by atoms with Crippen LogP contribution in [0, 0.1) is 5.92 Å². The van der Waals surface area contributed by atoms with Gasteiger partial charge < -0.3 is 0 Å². The molecule has 1 N–H and O–H groups in total. The van der Waals surface area contributed by atoms with Crippen molar-refractivity contribution in [2.45, 2.75) is 32.6 Å². The molecule has 0 bridgehead atoms. The monoisotopic (exact) mass is 298 g/mol. The molecule has 1 aromatic carbocycles. The van der Waals surface area contributed by atoms with Gasteiger partial charge >= 0.3 is 0 Å². The third-order valence-corrected chi connectivity index (χ3v) is 4.11. The van der Waals surface area contributed by atoms with Gasteiger partial charge in [0.1, 0.15) is 0 Å². The molecular formula is C14H16Cl2N2O. The van der Waals surface area contributed by atoms with Gasteiger partial charge in [-0.05, 0) is 43.4 Å². The molecule has 1 unspecified atom stereocenters. The van der Waals surface area contributed by atoms with E-state index in [9.17, 15) is 4.79 Å². The number of hydrogen-bond acceptors (Lipinski definition) is 2. The first-order valence-corrected chi connectivity index (χ1v) is 7.15. The van der Waals surface area contributed by atoms with Gasteiger partial charge in [-0.2, -0.15) is 5.10 Å². The van der Waals surface area contributed by atoms with Crippen LogP contribution in [0.25, 0.3) is 0 Å². The van der Waals surface area contributed by atoms with Crippen LogP contribution in [0.2, 0.25) is 10.0 Å². The number of halogens is 2. The molecule has 19 heavy (non-hydrogen) atoms. The Morgan fingerprint density at radius 3 is 2.79 bits per heavy atom. The number of hydrazone groups is 1. The van der Waals surface area contributed by atoms with Crippen molar-refractivity contribution in [3.63, 3.8) is 0 Å². The van der Waals surface area contributed by atoms with Crippen molar-refractivity contribution in [2.24, 2.45) is 11.0 Å². The Morgan fingerprint density at radius 1 is 1.32 bits per heavy atom. The van der Waals surface area contributed by atoms with Gasteiger partial charge in [-0.3, -0.25) is 4.79 Å². The average molecular weight is 299 g/mol. The van der Waals surface area contributed by atoms with E-state index in [-0.39, 0.29) is 5.91 Å². The van der Waals surface area contributed by atoms with E-state index in [1.54, 1.807) is 18.2 Å². The van der Waals surface area contributed by atoms with E-state index in [4.69, 9.17) is 23.2 Å². The lowest BCUT2D eigenvalue weighted by Crippen LogP contribution is -2.24. The van der Waals surface area contributed by atoms with E-state index in [2.05, 4.69) is 17.5 Å². The Morgan fingerprint density at radius 2 is 2.11 bits per heavy atom. The summed E-state index contributed by atoms with van der Waals surface area (Å²) in [5.74, 6) is 0.187. The van der Waals surface area contributed by atoms with E-state index < -0.39 is 0 Å². The minimum absolute atomic E-state index is 0.260. The average Bonchev–Trinajstić information content (AvgIpc) is 2.40. The van der Waals surface area contributed by atoms with Crippen molar-refractivity contribution >= 4 is 34.8 Å². The minimum atomic E-state index is -0.260.